The molecular formula is C32H30N2O8S. The number of carbonyl (C=O) groups is 3. The van der Waals surface area contributed by atoms with Crippen molar-refractivity contribution in [2.75, 3.05) is 25.2 Å². The van der Waals surface area contributed by atoms with Crippen LogP contribution in [0.15, 0.2) is 76.9 Å². The Morgan fingerprint density at radius 3 is 2.74 bits per heavy atom. The summed E-state index contributed by atoms with van der Waals surface area (Å²) in [6, 6.07) is 12.6. The van der Waals surface area contributed by atoms with Gasteiger partial charge < -0.3 is 23.7 Å². The fourth-order valence-electron chi connectivity index (χ4n) is 4.78. The standard InChI is InChI=1S/C32H30N2O8S/c1-5-7-15-40-21-12-8-10-19(16-21)25-24(26(35)23-17-20-11-9-13-22(39-4)28(20)42-23)27(36)30(37)34(25)32-33-18(3)29(43-32)31(38)41-14-6-2/h6,8-13,16-17,25,36H,2,5,7,14-15H2,1,3-4H3. The third-order valence-electron chi connectivity index (χ3n) is 6.85. The Hall–Kier alpha value is -4.90. The quantitative estimate of drug-likeness (QED) is 0.0835. The monoisotopic (exact) mass is 602 g/mol. The number of amides is 1. The number of hydrogen-bond acceptors (Lipinski definition) is 10. The van der Waals surface area contributed by atoms with Crippen molar-refractivity contribution in [3.8, 4) is 11.5 Å². The molecule has 2 aromatic carbocycles. The molecule has 10 nitrogen and oxygen atoms in total. The maximum Gasteiger partial charge on any atom is 0.350 e. The molecule has 222 valence electrons. The molecule has 1 aliphatic heterocycles. The Morgan fingerprint density at radius 1 is 1.21 bits per heavy atom. The van der Waals surface area contributed by atoms with Gasteiger partial charge in [-0.15, -0.1) is 0 Å². The molecular weight excluding hydrogens is 572 g/mol. The van der Waals surface area contributed by atoms with Crippen molar-refractivity contribution in [2.45, 2.75) is 32.7 Å². The second kappa shape index (κ2) is 12.5. The third kappa shape index (κ3) is 5.63. The van der Waals surface area contributed by atoms with Gasteiger partial charge in [0.05, 0.1) is 31.0 Å². The van der Waals surface area contributed by atoms with E-state index in [1.165, 1.54) is 24.2 Å². The molecule has 1 atom stereocenters. The lowest BCUT2D eigenvalue weighted by molar-refractivity contribution is -0.117. The summed E-state index contributed by atoms with van der Waals surface area (Å²) in [5.74, 6) is -2.02. The van der Waals surface area contributed by atoms with Gasteiger partial charge in [0.25, 0.3) is 5.91 Å². The van der Waals surface area contributed by atoms with Crippen LogP contribution in [0.4, 0.5) is 5.13 Å². The summed E-state index contributed by atoms with van der Waals surface area (Å²) >= 11 is 0.924. The smallest absolute Gasteiger partial charge is 0.350 e. The minimum absolute atomic E-state index is 0.00484. The summed E-state index contributed by atoms with van der Waals surface area (Å²) in [4.78, 5) is 46.3. The number of rotatable bonds is 12. The van der Waals surface area contributed by atoms with Crippen LogP contribution in [-0.2, 0) is 9.53 Å². The number of methoxy groups -OCH3 is 1. The zero-order valence-electron chi connectivity index (χ0n) is 23.9. The number of aliphatic hydroxyl groups excluding tert-OH is 1. The predicted octanol–water partition coefficient (Wildman–Crippen LogP) is 6.51. The number of ether oxygens (including phenoxy) is 3. The van der Waals surface area contributed by atoms with E-state index in [1.807, 2.05) is 0 Å². The fourth-order valence-corrected chi connectivity index (χ4v) is 5.76. The van der Waals surface area contributed by atoms with E-state index >= 15 is 0 Å². The number of benzene rings is 2. The number of thiazole rings is 1. The molecule has 1 N–H and O–H groups in total. The van der Waals surface area contributed by atoms with Crippen LogP contribution in [-0.4, -0.2) is 48.1 Å². The van der Waals surface area contributed by atoms with Gasteiger partial charge in [0, 0.05) is 5.39 Å². The van der Waals surface area contributed by atoms with Gasteiger partial charge in [-0.1, -0.05) is 61.6 Å². The highest BCUT2D eigenvalue weighted by Gasteiger charge is 2.47. The van der Waals surface area contributed by atoms with Gasteiger partial charge in [-0.3, -0.25) is 14.5 Å². The fraction of sp³-hybridized carbons (Fsp3) is 0.250. The number of furan rings is 1. The van der Waals surface area contributed by atoms with E-state index < -0.39 is 29.5 Å². The molecule has 0 saturated heterocycles. The molecule has 1 amide bonds. The number of esters is 1. The van der Waals surface area contributed by atoms with Gasteiger partial charge in [0.15, 0.2) is 28.0 Å². The zero-order valence-corrected chi connectivity index (χ0v) is 24.7. The molecule has 0 saturated carbocycles. The Morgan fingerprint density at radius 2 is 2.00 bits per heavy atom. The number of nitrogens with zero attached hydrogens (tertiary/aromatic N) is 2. The van der Waals surface area contributed by atoms with Crippen molar-refractivity contribution in [2.24, 2.45) is 0 Å². The predicted molar refractivity (Wildman–Crippen MR) is 161 cm³/mol. The van der Waals surface area contributed by atoms with Crippen LogP contribution in [0.2, 0.25) is 0 Å². The number of aliphatic hydroxyl groups is 1. The average Bonchev–Trinajstić information content (AvgIpc) is 3.69. The first-order chi connectivity index (χ1) is 20.8. The van der Waals surface area contributed by atoms with E-state index in [4.69, 9.17) is 18.6 Å². The topological polar surface area (TPSA) is 128 Å². The lowest BCUT2D eigenvalue weighted by Crippen LogP contribution is -2.31. The van der Waals surface area contributed by atoms with E-state index in [-0.39, 0.29) is 27.9 Å². The molecule has 2 aromatic heterocycles. The molecule has 0 fully saturated rings. The number of unbranched alkanes of at least 4 members (excludes halogenated alkanes) is 1. The Balaban J connectivity index is 1.61. The number of anilines is 1. The number of fused-ring (bicyclic) bond motifs is 1. The van der Waals surface area contributed by atoms with Gasteiger partial charge in [0.1, 0.15) is 17.2 Å². The van der Waals surface area contributed by atoms with Crippen LogP contribution in [0, 0.1) is 6.92 Å². The van der Waals surface area contributed by atoms with Crippen LogP contribution in [0.1, 0.15) is 57.3 Å². The maximum absolute atomic E-state index is 14.1. The average molecular weight is 603 g/mol. The Bertz CT molecular complexity index is 1750. The number of carbonyl (C=O) groups excluding carboxylic acids is 3. The first-order valence-electron chi connectivity index (χ1n) is 13.6. The van der Waals surface area contributed by atoms with Crippen LogP contribution >= 0.6 is 11.3 Å². The summed E-state index contributed by atoms with van der Waals surface area (Å²) < 4.78 is 22.3. The Labute approximate surface area is 251 Å². The lowest BCUT2D eigenvalue weighted by atomic mass is 9.95. The number of para-hydroxylation sites is 1. The van der Waals surface area contributed by atoms with Gasteiger partial charge in [0.2, 0.25) is 5.78 Å². The summed E-state index contributed by atoms with van der Waals surface area (Å²) in [6.45, 7) is 7.71. The highest BCUT2D eigenvalue weighted by Crippen LogP contribution is 2.45. The van der Waals surface area contributed by atoms with Gasteiger partial charge in [-0.25, -0.2) is 9.78 Å². The normalized spacial score (nSPS) is 14.8. The molecule has 0 spiro atoms. The summed E-state index contributed by atoms with van der Waals surface area (Å²) in [5.41, 5.74) is 0.987. The lowest BCUT2D eigenvalue weighted by Gasteiger charge is -2.24. The van der Waals surface area contributed by atoms with Crippen molar-refractivity contribution in [1.82, 2.24) is 4.98 Å². The zero-order chi connectivity index (χ0) is 30.7. The number of aryl methyl sites for hydroxylation is 1. The van der Waals surface area contributed by atoms with Crippen LogP contribution in [0.25, 0.3) is 11.0 Å². The Kier molecular flexibility index (Phi) is 8.63. The highest BCUT2D eigenvalue weighted by molar-refractivity contribution is 7.17. The van der Waals surface area contributed by atoms with Crippen molar-refractivity contribution in [3.63, 3.8) is 0 Å². The second-order valence-electron chi connectivity index (χ2n) is 9.73. The third-order valence-corrected chi connectivity index (χ3v) is 7.99. The molecule has 0 radical (unpaired) electrons. The van der Waals surface area contributed by atoms with Crippen molar-refractivity contribution in [1.29, 1.82) is 0 Å². The van der Waals surface area contributed by atoms with Crippen LogP contribution < -0.4 is 14.4 Å². The molecule has 4 aromatic rings. The van der Waals surface area contributed by atoms with Gasteiger partial charge in [-0.2, -0.15) is 0 Å². The van der Waals surface area contributed by atoms with Crippen molar-refractivity contribution < 1.29 is 38.1 Å². The van der Waals surface area contributed by atoms with E-state index in [9.17, 15) is 19.5 Å². The molecule has 0 bridgehead atoms. The molecule has 5 rings (SSSR count). The molecule has 1 unspecified atom stereocenters. The molecule has 1 aliphatic rings. The van der Waals surface area contributed by atoms with Gasteiger partial charge >= 0.3 is 5.97 Å². The van der Waals surface area contributed by atoms with Crippen LogP contribution in [0.5, 0.6) is 11.5 Å². The van der Waals surface area contributed by atoms with Crippen LogP contribution in [0.3, 0.4) is 0 Å². The summed E-state index contributed by atoms with van der Waals surface area (Å²) in [6.07, 6.45) is 3.24. The first-order valence-corrected chi connectivity index (χ1v) is 14.5. The number of aromatic nitrogens is 1. The van der Waals surface area contributed by atoms with Gasteiger partial charge in [-0.05, 0) is 43.2 Å². The molecule has 0 aliphatic carbocycles. The molecule has 43 heavy (non-hydrogen) atoms. The van der Waals surface area contributed by atoms with E-state index in [0.29, 0.717) is 40.3 Å². The maximum atomic E-state index is 14.1. The minimum Gasteiger partial charge on any atom is -0.503 e. The van der Waals surface area contributed by atoms with Crippen molar-refractivity contribution >= 4 is 45.1 Å². The van der Waals surface area contributed by atoms with E-state index in [2.05, 4.69) is 18.5 Å². The van der Waals surface area contributed by atoms with Crippen molar-refractivity contribution in [3.05, 3.63) is 94.4 Å². The molecule has 11 heteroatoms. The number of Topliss-reactive ketones (excluding diaryl/α,β-unsaturated/α-hetero) is 1. The van der Waals surface area contributed by atoms with E-state index in [1.54, 1.807) is 49.4 Å². The largest absolute Gasteiger partial charge is 0.503 e. The SMILES string of the molecule is C=CCOC(=O)c1sc(N2C(=O)C(O)=C(C(=O)c3cc4cccc(OC)c4o3)C2c2cccc(OCCCC)c2)nc1C. The first kappa shape index (κ1) is 29.6. The summed E-state index contributed by atoms with van der Waals surface area (Å²) in [5, 5.41) is 11.9. The molecule has 3 heterocycles. The number of ketones is 1. The minimum atomic E-state index is -1.10. The second-order valence-corrected chi connectivity index (χ2v) is 10.7. The van der Waals surface area contributed by atoms with E-state index in [0.717, 1.165) is 24.2 Å². The highest BCUT2D eigenvalue weighted by atomic mass is 32.1. The number of hydrogen-bond donors (Lipinski definition) is 1. The summed E-state index contributed by atoms with van der Waals surface area (Å²) in [7, 11) is 1.49.